The summed E-state index contributed by atoms with van der Waals surface area (Å²) in [6, 6.07) is 4.71. The van der Waals surface area contributed by atoms with Crippen LogP contribution in [0.5, 0.6) is 5.75 Å². The molecule has 110 valence electrons. The minimum atomic E-state index is -0.273. The van der Waals surface area contributed by atoms with Crippen LogP contribution in [-0.2, 0) is 4.74 Å². The summed E-state index contributed by atoms with van der Waals surface area (Å²) in [7, 11) is 0. The molecule has 1 aromatic rings. The Bertz CT molecular complexity index is 451. The molecular formula is C15H18BrFO2S. The summed E-state index contributed by atoms with van der Waals surface area (Å²) in [5, 5.41) is 0. The minimum Gasteiger partial charge on any atom is -0.490 e. The second kappa shape index (κ2) is 6.24. The van der Waals surface area contributed by atoms with Crippen LogP contribution in [-0.4, -0.2) is 29.8 Å². The van der Waals surface area contributed by atoms with E-state index in [-0.39, 0.29) is 17.5 Å². The van der Waals surface area contributed by atoms with Crippen LogP contribution < -0.4 is 4.74 Å². The SMILES string of the molecule is Fc1cc(Br)cc(OC2CCOC3(CCSCC3)C2)c1. The lowest BCUT2D eigenvalue weighted by molar-refractivity contribution is -0.116. The van der Waals surface area contributed by atoms with Gasteiger partial charge in [0.15, 0.2) is 0 Å². The average molecular weight is 361 g/mol. The van der Waals surface area contributed by atoms with Crippen LogP contribution >= 0.6 is 27.7 Å². The van der Waals surface area contributed by atoms with E-state index in [1.165, 1.54) is 12.1 Å². The predicted octanol–water partition coefficient (Wildman–Crippen LogP) is 4.41. The monoisotopic (exact) mass is 360 g/mol. The molecule has 1 unspecified atom stereocenters. The van der Waals surface area contributed by atoms with E-state index in [2.05, 4.69) is 15.9 Å². The fourth-order valence-electron chi connectivity index (χ4n) is 2.96. The molecule has 20 heavy (non-hydrogen) atoms. The van der Waals surface area contributed by atoms with Crippen LogP contribution in [0.15, 0.2) is 22.7 Å². The predicted molar refractivity (Wildman–Crippen MR) is 83.0 cm³/mol. The summed E-state index contributed by atoms with van der Waals surface area (Å²) in [5.74, 6) is 2.66. The third kappa shape index (κ3) is 3.49. The number of halogens is 2. The van der Waals surface area contributed by atoms with Crippen molar-refractivity contribution in [2.45, 2.75) is 37.4 Å². The zero-order valence-corrected chi connectivity index (χ0v) is 13.6. The summed E-state index contributed by atoms with van der Waals surface area (Å²) in [4.78, 5) is 0. The molecule has 1 aromatic carbocycles. The summed E-state index contributed by atoms with van der Waals surface area (Å²) in [5.41, 5.74) is -0.00127. The number of hydrogen-bond donors (Lipinski definition) is 0. The number of rotatable bonds is 2. The van der Waals surface area contributed by atoms with E-state index in [1.807, 2.05) is 17.8 Å². The van der Waals surface area contributed by atoms with Gasteiger partial charge in [-0.2, -0.15) is 11.8 Å². The van der Waals surface area contributed by atoms with Crippen LogP contribution in [0, 0.1) is 5.82 Å². The lowest BCUT2D eigenvalue weighted by Gasteiger charge is -2.43. The quantitative estimate of drug-likeness (QED) is 0.777. The molecule has 0 radical (unpaired) electrons. The van der Waals surface area contributed by atoms with Gasteiger partial charge in [0, 0.05) is 23.4 Å². The van der Waals surface area contributed by atoms with Gasteiger partial charge in [-0.3, -0.25) is 0 Å². The summed E-state index contributed by atoms with van der Waals surface area (Å²) < 4.78 is 26.1. The van der Waals surface area contributed by atoms with Crippen molar-refractivity contribution in [3.8, 4) is 5.75 Å². The van der Waals surface area contributed by atoms with Crippen molar-refractivity contribution in [2.75, 3.05) is 18.1 Å². The lowest BCUT2D eigenvalue weighted by atomic mass is 9.86. The third-order valence-electron chi connectivity index (χ3n) is 3.99. The first kappa shape index (κ1) is 14.7. The Morgan fingerprint density at radius 2 is 2.10 bits per heavy atom. The zero-order chi connectivity index (χ0) is 14.0. The normalized spacial score (nSPS) is 25.6. The molecule has 2 nitrogen and oxygen atoms in total. The van der Waals surface area contributed by atoms with Crippen LogP contribution in [0.2, 0.25) is 0 Å². The molecule has 0 bridgehead atoms. The molecule has 0 saturated carbocycles. The second-order valence-electron chi connectivity index (χ2n) is 5.48. The highest BCUT2D eigenvalue weighted by molar-refractivity contribution is 9.10. The van der Waals surface area contributed by atoms with E-state index in [0.29, 0.717) is 10.2 Å². The van der Waals surface area contributed by atoms with Gasteiger partial charge in [0.05, 0.1) is 12.2 Å². The van der Waals surface area contributed by atoms with Crippen LogP contribution in [0.3, 0.4) is 0 Å². The Balaban J connectivity index is 1.67. The standard InChI is InChI=1S/C15H18BrFO2S/c16-11-7-12(17)9-14(8-11)19-13-1-4-18-15(10-13)2-5-20-6-3-15/h7-9,13H,1-6,10H2. The van der Waals surface area contributed by atoms with E-state index in [4.69, 9.17) is 9.47 Å². The average Bonchev–Trinajstić information content (AvgIpc) is 2.38. The van der Waals surface area contributed by atoms with Gasteiger partial charge in [-0.25, -0.2) is 4.39 Å². The fraction of sp³-hybridized carbons (Fsp3) is 0.600. The smallest absolute Gasteiger partial charge is 0.128 e. The maximum atomic E-state index is 13.4. The van der Waals surface area contributed by atoms with Gasteiger partial charge in [-0.15, -0.1) is 0 Å². The van der Waals surface area contributed by atoms with Gasteiger partial charge < -0.3 is 9.47 Å². The molecule has 3 rings (SSSR count). The molecule has 0 amide bonds. The highest BCUT2D eigenvalue weighted by Gasteiger charge is 2.39. The second-order valence-corrected chi connectivity index (χ2v) is 7.62. The molecule has 2 aliphatic rings. The molecule has 2 fully saturated rings. The van der Waals surface area contributed by atoms with E-state index >= 15 is 0 Å². The number of ether oxygens (including phenoxy) is 2. The summed E-state index contributed by atoms with van der Waals surface area (Å²) in [6.45, 7) is 0.742. The largest absolute Gasteiger partial charge is 0.490 e. The molecular weight excluding hydrogens is 343 g/mol. The molecule has 0 aromatic heterocycles. The Labute approximate surface area is 131 Å². The van der Waals surface area contributed by atoms with Crippen molar-refractivity contribution < 1.29 is 13.9 Å². The summed E-state index contributed by atoms with van der Waals surface area (Å²) in [6.07, 6.45) is 4.12. The fourth-order valence-corrected chi connectivity index (χ4v) is 4.65. The van der Waals surface area contributed by atoms with Gasteiger partial charge in [0.2, 0.25) is 0 Å². The lowest BCUT2D eigenvalue weighted by Crippen LogP contribution is -2.46. The Morgan fingerprint density at radius 1 is 1.30 bits per heavy atom. The zero-order valence-electron chi connectivity index (χ0n) is 11.2. The van der Waals surface area contributed by atoms with Crippen LogP contribution in [0.1, 0.15) is 25.7 Å². The van der Waals surface area contributed by atoms with Gasteiger partial charge in [-0.1, -0.05) is 15.9 Å². The van der Waals surface area contributed by atoms with Crippen LogP contribution in [0.4, 0.5) is 4.39 Å². The first-order valence-electron chi connectivity index (χ1n) is 7.00. The number of hydrogen-bond acceptors (Lipinski definition) is 3. The topological polar surface area (TPSA) is 18.5 Å². The summed E-state index contributed by atoms with van der Waals surface area (Å²) >= 11 is 5.30. The van der Waals surface area contributed by atoms with Crippen molar-refractivity contribution in [2.24, 2.45) is 0 Å². The molecule has 0 aliphatic carbocycles. The molecule has 0 N–H and O–H groups in total. The highest BCUT2D eigenvalue weighted by Crippen LogP contribution is 2.38. The van der Waals surface area contributed by atoms with Gasteiger partial charge in [-0.05, 0) is 36.5 Å². The van der Waals surface area contributed by atoms with E-state index in [0.717, 1.165) is 43.8 Å². The highest BCUT2D eigenvalue weighted by atomic mass is 79.9. The third-order valence-corrected chi connectivity index (χ3v) is 5.43. The van der Waals surface area contributed by atoms with Gasteiger partial charge in [0.25, 0.3) is 0 Å². The van der Waals surface area contributed by atoms with E-state index < -0.39 is 0 Å². The Hall–Kier alpha value is -0.260. The molecule has 2 aliphatic heterocycles. The van der Waals surface area contributed by atoms with Gasteiger partial charge in [0.1, 0.15) is 17.7 Å². The molecule has 2 saturated heterocycles. The number of thioether (sulfide) groups is 1. The molecule has 1 spiro atoms. The molecule has 1 atom stereocenters. The van der Waals surface area contributed by atoms with E-state index in [1.54, 1.807) is 0 Å². The van der Waals surface area contributed by atoms with Crippen molar-refractivity contribution >= 4 is 27.7 Å². The molecule has 2 heterocycles. The minimum absolute atomic E-state index is 0.00127. The molecule has 5 heteroatoms. The maximum Gasteiger partial charge on any atom is 0.128 e. The Kier molecular flexibility index (Phi) is 4.58. The van der Waals surface area contributed by atoms with Crippen LogP contribution in [0.25, 0.3) is 0 Å². The Morgan fingerprint density at radius 3 is 2.85 bits per heavy atom. The number of benzene rings is 1. The van der Waals surface area contributed by atoms with Gasteiger partial charge >= 0.3 is 0 Å². The maximum absolute atomic E-state index is 13.4. The van der Waals surface area contributed by atoms with E-state index in [9.17, 15) is 4.39 Å². The van der Waals surface area contributed by atoms with Crippen molar-refractivity contribution in [3.05, 3.63) is 28.5 Å². The first-order chi connectivity index (χ1) is 9.65. The van der Waals surface area contributed by atoms with Crippen molar-refractivity contribution in [1.29, 1.82) is 0 Å². The van der Waals surface area contributed by atoms with Crippen molar-refractivity contribution in [1.82, 2.24) is 0 Å². The first-order valence-corrected chi connectivity index (χ1v) is 8.94. The van der Waals surface area contributed by atoms with Crippen molar-refractivity contribution in [3.63, 3.8) is 0 Å².